The molecule has 0 radical (unpaired) electrons. The zero-order chi connectivity index (χ0) is 14.4. The Balaban J connectivity index is 0.00000220. The molecule has 1 heterocycles. The van der Waals surface area contributed by atoms with Crippen molar-refractivity contribution >= 4 is 18.3 Å². The summed E-state index contributed by atoms with van der Waals surface area (Å²) in [6.07, 6.45) is 4.42. The summed E-state index contributed by atoms with van der Waals surface area (Å²) in [6.45, 7) is 5.00. The Morgan fingerprint density at radius 1 is 1.29 bits per heavy atom. The fourth-order valence-electron chi connectivity index (χ4n) is 2.98. The molecule has 1 amide bonds. The van der Waals surface area contributed by atoms with Crippen LogP contribution in [0.1, 0.15) is 42.1 Å². The highest BCUT2D eigenvalue weighted by Gasteiger charge is 2.24. The Bertz CT molecular complexity index is 442. The summed E-state index contributed by atoms with van der Waals surface area (Å²) >= 11 is 0. The number of carbonyl (C=O) groups is 1. The predicted molar refractivity (Wildman–Crippen MR) is 90.2 cm³/mol. The molecule has 1 aromatic rings. The minimum absolute atomic E-state index is 0. The van der Waals surface area contributed by atoms with Gasteiger partial charge in [0.05, 0.1) is 0 Å². The standard InChI is InChI=1S/C17H26N2O.ClH/c1-3-15-6-4-5-7-16(15)17(20)19-12-9-14(10-13-19)8-11-18-2;/h4-7,14,18H,3,8-13H2,1-2H3;1H. The van der Waals surface area contributed by atoms with Gasteiger partial charge in [-0.3, -0.25) is 4.79 Å². The predicted octanol–water partition coefficient (Wildman–Crippen LogP) is 3.13. The summed E-state index contributed by atoms with van der Waals surface area (Å²) in [6, 6.07) is 8.01. The lowest BCUT2D eigenvalue weighted by atomic mass is 9.93. The van der Waals surface area contributed by atoms with Gasteiger partial charge in [0.1, 0.15) is 0 Å². The summed E-state index contributed by atoms with van der Waals surface area (Å²) in [5.41, 5.74) is 2.05. The van der Waals surface area contributed by atoms with E-state index in [2.05, 4.69) is 18.3 Å². The molecule has 0 spiro atoms. The van der Waals surface area contributed by atoms with E-state index < -0.39 is 0 Å². The fraction of sp³-hybridized carbons (Fsp3) is 0.588. The maximum Gasteiger partial charge on any atom is 0.254 e. The number of piperidine rings is 1. The summed E-state index contributed by atoms with van der Waals surface area (Å²) in [4.78, 5) is 14.6. The number of amides is 1. The van der Waals surface area contributed by atoms with Gasteiger partial charge in [-0.05, 0) is 56.8 Å². The van der Waals surface area contributed by atoms with E-state index in [9.17, 15) is 4.79 Å². The number of hydrogen-bond donors (Lipinski definition) is 1. The zero-order valence-electron chi connectivity index (χ0n) is 13.1. The molecule has 0 atom stereocenters. The average molecular weight is 311 g/mol. The summed E-state index contributed by atoms with van der Waals surface area (Å²) < 4.78 is 0. The van der Waals surface area contributed by atoms with Gasteiger partial charge in [-0.25, -0.2) is 0 Å². The van der Waals surface area contributed by atoms with Gasteiger partial charge in [-0.2, -0.15) is 0 Å². The highest BCUT2D eigenvalue weighted by molar-refractivity contribution is 5.95. The van der Waals surface area contributed by atoms with Crippen molar-refractivity contribution in [3.05, 3.63) is 35.4 Å². The van der Waals surface area contributed by atoms with E-state index >= 15 is 0 Å². The second kappa shape index (κ2) is 9.06. The van der Waals surface area contributed by atoms with Crippen molar-refractivity contribution in [3.63, 3.8) is 0 Å². The molecule has 2 rings (SSSR count). The molecular weight excluding hydrogens is 284 g/mol. The van der Waals surface area contributed by atoms with Crippen molar-refractivity contribution in [2.24, 2.45) is 5.92 Å². The van der Waals surface area contributed by atoms with Crippen LogP contribution in [0, 0.1) is 5.92 Å². The molecule has 1 N–H and O–H groups in total. The third kappa shape index (κ3) is 4.72. The van der Waals surface area contributed by atoms with Gasteiger partial charge in [-0.15, -0.1) is 12.4 Å². The van der Waals surface area contributed by atoms with Gasteiger partial charge in [0.2, 0.25) is 0 Å². The molecule has 3 nitrogen and oxygen atoms in total. The highest BCUT2D eigenvalue weighted by Crippen LogP contribution is 2.22. The molecule has 0 aliphatic carbocycles. The molecule has 4 heteroatoms. The zero-order valence-corrected chi connectivity index (χ0v) is 13.9. The largest absolute Gasteiger partial charge is 0.339 e. The number of nitrogens with one attached hydrogen (secondary N) is 1. The maximum absolute atomic E-state index is 12.6. The van der Waals surface area contributed by atoms with Crippen LogP contribution in [0.3, 0.4) is 0 Å². The Kier molecular flexibility index (Phi) is 7.76. The Hall–Kier alpha value is -1.06. The Morgan fingerprint density at radius 3 is 2.57 bits per heavy atom. The number of carbonyl (C=O) groups excluding carboxylic acids is 1. The van der Waals surface area contributed by atoms with Crippen LogP contribution < -0.4 is 5.32 Å². The van der Waals surface area contributed by atoms with Crippen LogP contribution in [0.15, 0.2) is 24.3 Å². The first-order valence-electron chi connectivity index (χ1n) is 7.78. The van der Waals surface area contributed by atoms with Gasteiger partial charge in [0, 0.05) is 18.7 Å². The van der Waals surface area contributed by atoms with Gasteiger partial charge >= 0.3 is 0 Å². The van der Waals surface area contributed by atoms with E-state index in [4.69, 9.17) is 0 Å². The lowest BCUT2D eigenvalue weighted by Gasteiger charge is -2.32. The number of aryl methyl sites for hydroxylation is 1. The topological polar surface area (TPSA) is 32.3 Å². The number of benzene rings is 1. The first-order chi connectivity index (χ1) is 9.76. The van der Waals surface area contributed by atoms with Crippen molar-refractivity contribution in [3.8, 4) is 0 Å². The molecule has 1 saturated heterocycles. The number of hydrogen-bond acceptors (Lipinski definition) is 2. The van der Waals surface area contributed by atoms with Crippen molar-refractivity contribution in [1.82, 2.24) is 10.2 Å². The summed E-state index contributed by atoms with van der Waals surface area (Å²) in [7, 11) is 2.00. The van der Waals surface area contributed by atoms with E-state index in [-0.39, 0.29) is 18.3 Å². The van der Waals surface area contributed by atoms with Gasteiger partial charge in [0.25, 0.3) is 5.91 Å². The van der Waals surface area contributed by atoms with Crippen LogP contribution in [0.4, 0.5) is 0 Å². The molecule has 1 aliphatic heterocycles. The summed E-state index contributed by atoms with van der Waals surface area (Å²) in [5, 5.41) is 3.21. The van der Waals surface area contributed by atoms with Crippen LogP contribution >= 0.6 is 12.4 Å². The molecule has 0 unspecified atom stereocenters. The molecule has 1 aromatic carbocycles. The van der Waals surface area contributed by atoms with Crippen LogP contribution in [0.2, 0.25) is 0 Å². The van der Waals surface area contributed by atoms with Gasteiger partial charge < -0.3 is 10.2 Å². The lowest BCUT2D eigenvalue weighted by molar-refractivity contribution is 0.0686. The second-order valence-electron chi connectivity index (χ2n) is 5.64. The van der Waals surface area contributed by atoms with Gasteiger partial charge in [-0.1, -0.05) is 25.1 Å². The highest BCUT2D eigenvalue weighted by atomic mass is 35.5. The number of nitrogens with zero attached hydrogens (tertiary/aromatic N) is 1. The van der Waals surface area contributed by atoms with E-state index in [1.807, 2.05) is 30.1 Å². The first-order valence-corrected chi connectivity index (χ1v) is 7.78. The third-order valence-corrected chi connectivity index (χ3v) is 4.33. The molecule has 1 fully saturated rings. The van der Waals surface area contributed by atoms with E-state index in [1.165, 1.54) is 6.42 Å². The van der Waals surface area contributed by atoms with Crippen LogP contribution in [0.25, 0.3) is 0 Å². The second-order valence-corrected chi connectivity index (χ2v) is 5.64. The normalized spacial score (nSPS) is 15.6. The summed E-state index contributed by atoms with van der Waals surface area (Å²) in [5.74, 6) is 0.988. The fourth-order valence-corrected chi connectivity index (χ4v) is 2.98. The van der Waals surface area contributed by atoms with E-state index in [0.717, 1.165) is 55.9 Å². The number of halogens is 1. The Labute approximate surface area is 134 Å². The molecule has 118 valence electrons. The Morgan fingerprint density at radius 2 is 1.95 bits per heavy atom. The van der Waals surface area contributed by atoms with E-state index in [0.29, 0.717) is 0 Å². The molecular formula is C17H27ClN2O. The minimum atomic E-state index is 0. The molecule has 1 aliphatic rings. The first kappa shape index (κ1) is 18.0. The number of likely N-dealkylation sites (tertiary alicyclic amines) is 1. The van der Waals surface area contributed by atoms with Crippen LogP contribution in [0.5, 0.6) is 0 Å². The van der Waals surface area contributed by atoms with Crippen molar-refractivity contribution < 1.29 is 4.79 Å². The van der Waals surface area contributed by atoms with Crippen molar-refractivity contribution in [2.45, 2.75) is 32.6 Å². The molecule has 0 aromatic heterocycles. The smallest absolute Gasteiger partial charge is 0.254 e. The number of rotatable bonds is 5. The average Bonchev–Trinajstić information content (AvgIpc) is 2.52. The SMILES string of the molecule is CCc1ccccc1C(=O)N1CCC(CCNC)CC1.Cl. The molecule has 21 heavy (non-hydrogen) atoms. The maximum atomic E-state index is 12.6. The van der Waals surface area contributed by atoms with Crippen LogP contribution in [-0.2, 0) is 6.42 Å². The van der Waals surface area contributed by atoms with Gasteiger partial charge in [0.15, 0.2) is 0 Å². The quantitative estimate of drug-likeness (QED) is 0.906. The van der Waals surface area contributed by atoms with Crippen molar-refractivity contribution in [1.29, 1.82) is 0 Å². The molecule has 0 bridgehead atoms. The lowest BCUT2D eigenvalue weighted by Crippen LogP contribution is -2.39. The monoisotopic (exact) mass is 310 g/mol. The van der Waals surface area contributed by atoms with Crippen molar-refractivity contribution in [2.75, 3.05) is 26.7 Å². The molecule has 0 saturated carbocycles. The minimum Gasteiger partial charge on any atom is -0.339 e. The van der Waals surface area contributed by atoms with E-state index in [1.54, 1.807) is 0 Å². The third-order valence-electron chi connectivity index (χ3n) is 4.33. The van der Waals surface area contributed by atoms with Crippen LogP contribution in [-0.4, -0.2) is 37.5 Å².